The number of aldehydes is 1. The molecule has 5 nitrogen and oxygen atoms in total. The molecule has 0 bridgehead atoms. The Hall–Kier alpha value is -2.30. The standard InChI is InChI=1S/C16H21NO4/c1-16(2,3)12(10-18)7-11-5-6-13(21-4)8-14(11)17-9-15(19)20/h5-8,10,17H,9H2,1-4H3,(H,19,20)/b12-7+. The Morgan fingerprint density at radius 1 is 1.38 bits per heavy atom. The number of methoxy groups -OCH3 is 1. The van der Waals surface area contributed by atoms with E-state index in [1.807, 2.05) is 20.8 Å². The number of hydrogen-bond acceptors (Lipinski definition) is 4. The number of carboxylic acid groups (broad SMARTS) is 1. The average Bonchev–Trinajstić information content (AvgIpc) is 2.41. The van der Waals surface area contributed by atoms with E-state index in [1.165, 1.54) is 7.11 Å². The first-order valence-electron chi connectivity index (χ1n) is 6.59. The zero-order chi connectivity index (χ0) is 16.0. The number of carbonyl (C=O) groups excluding carboxylic acids is 1. The molecule has 0 aliphatic rings. The fourth-order valence-corrected chi connectivity index (χ4v) is 1.71. The summed E-state index contributed by atoms with van der Waals surface area (Å²) in [5.74, 6) is -0.345. The molecule has 5 heteroatoms. The van der Waals surface area contributed by atoms with Crippen LogP contribution in [0.1, 0.15) is 26.3 Å². The van der Waals surface area contributed by atoms with Crippen molar-refractivity contribution in [2.24, 2.45) is 5.41 Å². The minimum absolute atomic E-state index is 0.208. The summed E-state index contributed by atoms with van der Waals surface area (Å²) in [5.41, 5.74) is 1.70. The Morgan fingerprint density at radius 2 is 2.05 bits per heavy atom. The lowest BCUT2D eigenvalue weighted by Crippen LogP contribution is -2.14. The molecule has 1 rings (SSSR count). The summed E-state index contributed by atoms with van der Waals surface area (Å²) in [7, 11) is 1.54. The molecule has 0 unspecified atom stereocenters. The highest BCUT2D eigenvalue weighted by Crippen LogP contribution is 2.29. The molecule has 2 N–H and O–H groups in total. The van der Waals surface area contributed by atoms with Gasteiger partial charge in [0.2, 0.25) is 0 Å². The molecular formula is C16H21NO4. The summed E-state index contributed by atoms with van der Waals surface area (Å²) in [4.78, 5) is 22.0. The van der Waals surface area contributed by atoms with Gasteiger partial charge in [-0.15, -0.1) is 0 Å². The number of ether oxygens (including phenoxy) is 1. The normalized spacial score (nSPS) is 11.9. The maximum absolute atomic E-state index is 11.2. The van der Waals surface area contributed by atoms with Gasteiger partial charge < -0.3 is 15.2 Å². The number of anilines is 1. The van der Waals surface area contributed by atoms with Crippen molar-refractivity contribution in [2.45, 2.75) is 20.8 Å². The lowest BCUT2D eigenvalue weighted by Gasteiger charge is -2.19. The van der Waals surface area contributed by atoms with E-state index >= 15 is 0 Å². The maximum Gasteiger partial charge on any atom is 0.322 e. The van der Waals surface area contributed by atoms with Crippen LogP contribution in [0.5, 0.6) is 5.75 Å². The molecule has 0 heterocycles. The van der Waals surface area contributed by atoms with E-state index in [4.69, 9.17) is 9.84 Å². The monoisotopic (exact) mass is 291 g/mol. The Kier molecular flexibility index (Phi) is 5.52. The zero-order valence-corrected chi connectivity index (χ0v) is 12.8. The summed E-state index contributed by atoms with van der Waals surface area (Å²) < 4.78 is 5.14. The third kappa shape index (κ3) is 4.95. The SMILES string of the molecule is COc1ccc(/C=C(\C=O)C(C)(C)C)c(NCC(=O)O)c1. The number of allylic oxidation sites excluding steroid dienone is 1. The minimum atomic E-state index is -0.959. The van der Waals surface area contributed by atoms with E-state index in [0.717, 1.165) is 11.8 Å². The quantitative estimate of drug-likeness (QED) is 0.622. The molecule has 0 aliphatic heterocycles. The van der Waals surface area contributed by atoms with Gasteiger partial charge in [0.25, 0.3) is 0 Å². The van der Waals surface area contributed by atoms with Crippen LogP contribution >= 0.6 is 0 Å². The van der Waals surface area contributed by atoms with Crippen LogP contribution in [-0.2, 0) is 9.59 Å². The van der Waals surface area contributed by atoms with Gasteiger partial charge in [0.05, 0.1) is 7.11 Å². The first-order valence-corrected chi connectivity index (χ1v) is 6.59. The molecule has 21 heavy (non-hydrogen) atoms. The van der Waals surface area contributed by atoms with Crippen molar-refractivity contribution in [3.8, 4) is 5.75 Å². The molecule has 114 valence electrons. The van der Waals surface area contributed by atoms with Crippen LogP contribution in [0.15, 0.2) is 23.8 Å². The van der Waals surface area contributed by atoms with Gasteiger partial charge in [-0.25, -0.2) is 0 Å². The van der Waals surface area contributed by atoms with Gasteiger partial charge >= 0.3 is 5.97 Å². The first-order chi connectivity index (χ1) is 9.77. The van der Waals surface area contributed by atoms with Crippen molar-refractivity contribution in [3.63, 3.8) is 0 Å². The third-order valence-corrected chi connectivity index (χ3v) is 2.99. The summed E-state index contributed by atoms with van der Waals surface area (Å²) in [5, 5.41) is 11.6. The second kappa shape index (κ2) is 6.92. The van der Waals surface area contributed by atoms with Gasteiger partial charge in [0.1, 0.15) is 18.6 Å². The predicted molar refractivity (Wildman–Crippen MR) is 82.6 cm³/mol. The molecule has 0 aromatic heterocycles. The van der Waals surface area contributed by atoms with Gasteiger partial charge in [0.15, 0.2) is 0 Å². The average molecular weight is 291 g/mol. The molecule has 0 atom stereocenters. The molecule has 0 radical (unpaired) electrons. The molecule has 0 amide bonds. The van der Waals surface area contributed by atoms with E-state index < -0.39 is 5.97 Å². The largest absolute Gasteiger partial charge is 0.497 e. The van der Waals surface area contributed by atoms with Crippen molar-refractivity contribution in [3.05, 3.63) is 29.3 Å². The molecule has 0 saturated heterocycles. The molecule has 0 spiro atoms. The van der Waals surface area contributed by atoms with Gasteiger partial charge in [-0.05, 0) is 34.8 Å². The lowest BCUT2D eigenvalue weighted by molar-refractivity contribution is -0.134. The number of benzene rings is 1. The van der Waals surface area contributed by atoms with Gasteiger partial charge in [0, 0.05) is 11.8 Å². The highest BCUT2D eigenvalue weighted by Gasteiger charge is 2.17. The van der Waals surface area contributed by atoms with Gasteiger partial charge in [-0.2, -0.15) is 0 Å². The van der Waals surface area contributed by atoms with Crippen molar-refractivity contribution >= 4 is 24.0 Å². The molecular weight excluding hydrogens is 270 g/mol. The number of nitrogens with one attached hydrogen (secondary N) is 1. The van der Waals surface area contributed by atoms with E-state index in [-0.39, 0.29) is 12.0 Å². The molecule has 0 fully saturated rings. The Labute approximate surface area is 124 Å². The van der Waals surface area contributed by atoms with E-state index in [0.29, 0.717) is 17.0 Å². The molecule has 1 aromatic carbocycles. The van der Waals surface area contributed by atoms with Crippen LogP contribution in [0.2, 0.25) is 0 Å². The predicted octanol–water partition coefficient (Wildman–Crippen LogP) is 2.82. The number of aliphatic carboxylic acids is 1. The van der Waals surface area contributed by atoms with Crippen molar-refractivity contribution in [2.75, 3.05) is 19.0 Å². The fraction of sp³-hybridized carbons (Fsp3) is 0.375. The smallest absolute Gasteiger partial charge is 0.322 e. The highest BCUT2D eigenvalue weighted by molar-refractivity contribution is 5.86. The molecule has 0 saturated carbocycles. The summed E-state index contributed by atoms with van der Waals surface area (Å²) in [6.45, 7) is 5.63. The second-order valence-electron chi connectivity index (χ2n) is 5.67. The lowest BCUT2D eigenvalue weighted by atomic mass is 9.86. The topological polar surface area (TPSA) is 75.6 Å². The van der Waals surface area contributed by atoms with Gasteiger partial charge in [-0.3, -0.25) is 9.59 Å². The van der Waals surface area contributed by atoms with Crippen LogP contribution in [0, 0.1) is 5.41 Å². The van der Waals surface area contributed by atoms with Crippen LogP contribution < -0.4 is 10.1 Å². The zero-order valence-electron chi connectivity index (χ0n) is 12.8. The van der Waals surface area contributed by atoms with Crippen molar-refractivity contribution in [1.82, 2.24) is 0 Å². The van der Waals surface area contributed by atoms with E-state index in [1.54, 1.807) is 24.3 Å². The van der Waals surface area contributed by atoms with Crippen LogP contribution in [0.25, 0.3) is 6.08 Å². The Bertz CT molecular complexity index is 556. The Balaban J connectivity index is 3.24. The van der Waals surface area contributed by atoms with E-state index in [9.17, 15) is 9.59 Å². The number of carboxylic acids is 1. The van der Waals surface area contributed by atoms with Crippen LogP contribution in [0.3, 0.4) is 0 Å². The van der Waals surface area contributed by atoms with Crippen molar-refractivity contribution in [1.29, 1.82) is 0 Å². The van der Waals surface area contributed by atoms with E-state index in [2.05, 4.69) is 5.32 Å². The Morgan fingerprint density at radius 3 is 2.52 bits per heavy atom. The number of rotatable bonds is 6. The summed E-state index contributed by atoms with van der Waals surface area (Å²) in [6, 6.07) is 5.26. The molecule has 0 aliphatic carbocycles. The van der Waals surface area contributed by atoms with Crippen LogP contribution in [0.4, 0.5) is 5.69 Å². The van der Waals surface area contributed by atoms with Crippen LogP contribution in [-0.4, -0.2) is 31.0 Å². The van der Waals surface area contributed by atoms with Crippen molar-refractivity contribution < 1.29 is 19.4 Å². The summed E-state index contributed by atoms with van der Waals surface area (Å²) >= 11 is 0. The maximum atomic E-state index is 11.2. The number of hydrogen-bond donors (Lipinski definition) is 2. The highest BCUT2D eigenvalue weighted by atomic mass is 16.5. The molecule has 1 aromatic rings. The third-order valence-electron chi connectivity index (χ3n) is 2.99. The van der Waals surface area contributed by atoms with Gasteiger partial charge in [-0.1, -0.05) is 20.8 Å². The number of carbonyl (C=O) groups is 2. The summed E-state index contributed by atoms with van der Waals surface area (Å²) in [6.07, 6.45) is 2.59. The fourth-order valence-electron chi connectivity index (χ4n) is 1.71. The second-order valence-corrected chi connectivity index (χ2v) is 5.67. The first kappa shape index (κ1) is 16.8. The minimum Gasteiger partial charge on any atom is -0.497 e.